The Kier molecular flexibility index (Phi) is 8.71. The van der Waals surface area contributed by atoms with Crippen LogP contribution in [-0.4, -0.2) is 29.6 Å². The van der Waals surface area contributed by atoms with E-state index in [2.05, 4.69) is 11.9 Å². The van der Waals surface area contributed by atoms with E-state index in [-0.39, 0.29) is 12.0 Å². The van der Waals surface area contributed by atoms with Crippen LogP contribution in [0.25, 0.3) is 0 Å². The van der Waals surface area contributed by atoms with Crippen molar-refractivity contribution < 1.29 is 15.4 Å². The monoisotopic (exact) mass is 133 g/mol. The SMILES string of the molecule is C=CCNCC(=O)O.O. The van der Waals surface area contributed by atoms with Gasteiger partial charge in [0.1, 0.15) is 0 Å². The van der Waals surface area contributed by atoms with Crippen molar-refractivity contribution in [1.29, 1.82) is 0 Å². The summed E-state index contributed by atoms with van der Waals surface area (Å²) >= 11 is 0. The molecule has 0 rings (SSSR count). The Morgan fingerprint density at radius 2 is 2.33 bits per heavy atom. The lowest BCUT2D eigenvalue weighted by atomic mass is 10.6. The van der Waals surface area contributed by atoms with Crippen molar-refractivity contribution >= 4 is 5.97 Å². The minimum absolute atomic E-state index is 0. The quantitative estimate of drug-likeness (QED) is 0.382. The Hall–Kier alpha value is -0.870. The van der Waals surface area contributed by atoms with Gasteiger partial charge in [0, 0.05) is 6.54 Å². The van der Waals surface area contributed by atoms with Crippen LogP contribution in [0.15, 0.2) is 12.7 Å². The third kappa shape index (κ3) is 11.0. The van der Waals surface area contributed by atoms with E-state index >= 15 is 0 Å². The zero-order valence-electron chi connectivity index (χ0n) is 5.05. The lowest BCUT2D eigenvalue weighted by molar-refractivity contribution is -0.135. The van der Waals surface area contributed by atoms with Gasteiger partial charge in [0.25, 0.3) is 0 Å². The van der Waals surface area contributed by atoms with Gasteiger partial charge in [-0.3, -0.25) is 4.79 Å². The van der Waals surface area contributed by atoms with Crippen LogP contribution in [0, 0.1) is 0 Å². The van der Waals surface area contributed by atoms with Gasteiger partial charge >= 0.3 is 5.97 Å². The van der Waals surface area contributed by atoms with Crippen LogP contribution in [0.4, 0.5) is 0 Å². The Morgan fingerprint density at radius 1 is 1.78 bits per heavy atom. The van der Waals surface area contributed by atoms with E-state index < -0.39 is 5.97 Å². The molecule has 0 aliphatic carbocycles. The molecule has 4 nitrogen and oxygen atoms in total. The molecule has 9 heavy (non-hydrogen) atoms. The average molecular weight is 133 g/mol. The van der Waals surface area contributed by atoms with Crippen LogP contribution in [0.3, 0.4) is 0 Å². The van der Waals surface area contributed by atoms with E-state index in [1.54, 1.807) is 6.08 Å². The second kappa shape index (κ2) is 7.13. The Bertz CT molecular complexity index is 92.2. The summed E-state index contributed by atoms with van der Waals surface area (Å²) in [6.07, 6.45) is 1.61. The molecule has 0 bridgehead atoms. The maximum Gasteiger partial charge on any atom is 0.317 e. The van der Waals surface area contributed by atoms with Crippen molar-refractivity contribution in [2.24, 2.45) is 0 Å². The normalized spacial score (nSPS) is 7.56. The van der Waals surface area contributed by atoms with Gasteiger partial charge < -0.3 is 15.9 Å². The first-order valence-electron chi connectivity index (χ1n) is 2.30. The average Bonchev–Trinajstić information content (AvgIpc) is 1.66. The van der Waals surface area contributed by atoms with E-state index in [1.807, 2.05) is 0 Å². The number of carboxylic acids is 1. The number of nitrogens with one attached hydrogen (secondary N) is 1. The molecule has 4 heteroatoms. The molecule has 0 unspecified atom stereocenters. The number of carbonyl (C=O) groups is 1. The van der Waals surface area contributed by atoms with Gasteiger partial charge in [0.2, 0.25) is 0 Å². The summed E-state index contributed by atoms with van der Waals surface area (Å²) in [5, 5.41) is 10.7. The minimum Gasteiger partial charge on any atom is -0.480 e. The summed E-state index contributed by atoms with van der Waals surface area (Å²) in [6, 6.07) is 0. The second-order valence-electron chi connectivity index (χ2n) is 1.31. The van der Waals surface area contributed by atoms with E-state index in [0.717, 1.165) is 0 Å². The van der Waals surface area contributed by atoms with E-state index in [0.29, 0.717) is 6.54 Å². The number of aliphatic carboxylic acids is 1. The summed E-state index contributed by atoms with van der Waals surface area (Å²) in [7, 11) is 0. The van der Waals surface area contributed by atoms with Crippen LogP contribution >= 0.6 is 0 Å². The highest BCUT2D eigenvalue weighted by Gasteiger charge is 1.89. The fraction of sp³-hybridized carbons (Fsp3) is 0.400. The van der Waals surface area contributed by atoms with Crippen LogP contribution < -0.4 is 5.32 Å². The lowest BCUT2D eigenvalue weighted by Crippen LogP contribution is -2.21. The molecule has 0 spiro atoms. The van der Waals surface area contributed by atoms with Gasteiger partial charge in [-0.15, -0.1) is 6.58 Å². The van der Waals surface area contributed by atoms with Crippen LogP contribution in [0.5, 0.6) is 0 Å². The lowest BCUT2D eigenvalue weighted by Gasteiger charge is -1.91. The Balaban J connectivity index is 0. The van der Waals surface area contributed by atoms with Crippen molar-refractivity contribution in [1.82, 2.24) is 5.32 Å². The largest absolute Gasteiger partial charge is 0.480 e. The van der Waals surface area contributed by atoms with Crippen LogP contribution in [0.2, 0.25) is 0 Å². The molecule has 0 heterocycles. The summed E-state index contributed by atoms with van der Waals surface area (Å²) < 4.78 is 0. The number of hydrogen-bond donors (Lipinski definition) is 2. The summed E-state index contributed by atoms with van der Waals surface area (Å²) in [5.74, 6) is -0.841. The van der Waals surface area contributed by atoms with Gasteiger partial charge in [-0.25, -0.2) is 0 Å². The predicted octanol–water partition coefficient (Wildman–Crippen LogP) is -0.978. The fourth-order valence-corrected chi connectivity index (χ4v) is 0.281. The van der Waals surface area contributed by atoms with Gasteiger partial charge in [-0.1, -0.05) is 6.08 Å². The molecule has 0 aromatic carbocycles. The molecule has 0 saturated heterocycles. The van der Waals surface area contributed by atoms with Crippen molar-refractivity contribution in [2.75, 3.05) is 13.1 Å². The second-order valence-corrected chi connectivity index (χ2v) is 1.31. The zero-order valence-corrected chi connectivity index (χ0v) is 5.05. The van der Waals surface area contributed by atoms with Crippen molar-refractivity contribution in [3.63, 3.8) is 0 Å². The molecule has 0 aliphatic heterocycles. The number of hydrogen-bond acceptors (Lipinski definition) is 2. The molecule has 54 valence electrons. The van der Waals surface area contributed by atoms with E-state index in [9.17, 15) is 4.79 Å². The highest BCUT2D eigenvalue weighted by molar-refractivity contribution is 5.68. The topological polar surface area (TPSA) is 80.8 Å². The maximum absolute atomic E-state index is 9.78. The summed E-state index contributed by atoms with van der Waals surface area (Å²) in [6.45, 7) is 3.96. The van der Waals surface area contributed by atoms with Gasteiger partial charge in [-0.2, -0.15) is 0 Å². The molecule has 0 radical (unpaired) electrons. The highest BCUT2D eigenvalue weighted by atomic mass is 16.4. The van der Waals surface area contributed by atoms with Crippen LogP contribution in [-0.2, 0) is 4.79 Å². The molecule has 0 atom stereocenters. The Morgan fingerprint density at radius 3 is 2.67 bits per heavy atom. The van der Waals surface area contributed by atoms with Gasteiger partial charge in [-0.05, 0) is 0 Å². The number of rotatable bonds is 4. The smallest absolute Gasteiger partial charge is 0.317 e. The third-order valence-electron chi connectivity index (χ3n) is 0.565. The molecule has 0 aromatic rings. The van der Waals surface area contributed by atoms with Crippen molar-refractivity contribution in [3.05, 3.63) is 12.7 Å². The first-order valence-corrected chi connectivity index (χ1v) is 2.30. The Labute approximate surface area is 53.5 Å². The fourth-order valence-electron chi connectivity index (χ4n) is 0.281. The summed E-state index contributed by atoms with van der Waals surface area (Å²) in [4.78, 5) is 9.78. The highest BCUT2D eigenvalue weighted by Crippen LogP contribution is 1.60. The molecule has 0 fully saturated rings. The standard InChI is InChI=1S/C5H9NO2.H2O/c1-2-3-6-4-5(7)8;/h2,6H,1,3-4H2,(H,7,8);1H2. The zero-order chi connectivity index (χ0) is 6.41. The third-order valence-corrected chi connectivity index (χ3v) is 0.565. The molecule has 0 aromatic heterocycles. The number of carboxylic acid groups (broad SMARTS) is 1. The molecular weight excluding hydrogens is 122 g/mol. The molecule has 0 saturated carbocycles. The van der Waals surface area contributed by atoms with Gasteiger partial charge in [0.15, 0.2) is 0 Å². The maximum atomic E-state index is 9.78. The van der Waals surface area contributed by atoms with Gasteiger partial charge in [0.05, 0.1) is 6.54 Å². The summed E-state index contributed by atoms with van der Waals surface area (Å²) in [5.41, 5.74) is 0. The molecule has 0 aliphatic rings. The molecule has 0 amide bonds. The van der Waals surface area contributed by atoms with E-state index in [4.69, 9.17) is 5.11 Å². The van der Waals surface area contributed by atoms with Crippen molar-refractivity contribution in [2.45, 2.75) is 0 Å². The molecular formula is C5H11NO3. The molecule has 4 N–H and O–H groups in total. The minimum atomic E-state index is -0.841. The van der Waals surface area contributed by atoms with Crippen molar-refractivity contribution in [3.8, 4) is 0 Å². The van der Waals surface area contributed by atoms with Crippen LogP contribution in [0.1, 0.15) is 0 Å². The first kappa shape index (κ1) is 11.0. The van der Waals surface area contributed by atoms with E-state index in [1.165, 1.54) is 0 Å². The first-order chi connectivity index (χ1) is 3.77. The predicted molar refractivity (Wildman–Crippen MR) is 34.3 cm³/mol.